The molecule has 0 radical (unpaired) electrons. The van der Waals surface area contributed by atoms with Gasteiger partial charge in [0.05, 0.1) is 12.7 Å². The van der Waals surface area contributed by atoms with E-state index >= 15 is 0 Å². The average molecular weight is 276 g/mol. The fourth-order valence-corrected chi connectivity index (χ4v) is 1.88. The molecule has 0 heterocycles. The largest absolute Gasteiger partial charge is 0.489 e. The number of benzene rings is 2. The third-order valence-corrected chi connectivity index (χ3v) is 3.02. The Balaban J connectivity index is 2.10. The Bertz CT molecular complexity index is 564. The van der Waals surface area contributed by atoms with Crippen LogP contribution in [0, 0.1) is 5.82 Å². The smallest absolute Gasteiger partial charge is 0.125 e. The molecule has 0 aromatic heterocycles. The van der Waals surface area contributed by atoms with Gasteiger partial charge >= 0.3 is 0 Å². The van der Waals surface area contributed by atoms with E-state index < -0.39 is 11.9 Å². The van der Waals surface area contributed by atoms with Crippen LogP contribution in [0.3, 0.4) is 0 Å². The molecule has 106 valence electrons. The van der Waals surface area contributed by atoms with E-state index in [0.29, 0.717) is 17.9 Å². The van der Waals surface area contributed by atoms with Crippen molar-refractivity contribution in [1.82, 2.24) is 0 Å². The summed E-state index contributed by atoms with van der Waals surface area (Å²) in [6.45, 7) is 1.89. The predicted molar refractivity (Wildman–Crippen MR) is 73.7 cm³/mol. The summed E-state index contributed by atoms with van der Waals surface area (Å²) in [6, 6.07) is 11.4. The fraction of sp³-hybridized carbons (Fsp3) is 0.250. The molecule has 2 rings (SSSR count). The quantitative estimate of drug-likeness (QED) is 0.882. The molecule has 0 aliphatic heterocycles. The molecule has 3 nitrogen and oxygen atoms in total. The van der Waals surface area contributed by atoms with E-state index in [2.05, 4.69) is 0 Å². The SMILES string of the molecule is C[C@@H](O)c1cc(F)ccc1OCc1ccc(CO)cc1. The Morgan fingerprint density at radius 1 is 1.10 bits per heavy atom. The summed E-state index contributed by atoms with van der Waals surface area (Å²) in [5.74, 6) is 0.0631. The van der Waals surface area contributed by atoms with E-state index in [0.717, 1.165) is 11.1 Å². The number of ether oxygens (including phenoxy) is 1. The second kappa shape index (κ2) is 6.50. The summed E-state index contributed by atoms with van der Waals surface area (Å²) in [6.07, 6.45) is -0.794. The van der Waals surface area contributed by atoms with Crippen molar-refractivity contribution in [3.05, 3.63) is 65.0 Å². The lowest BCUT2D eigenvalue weighted by Crippen LogP contribution is -2.01. The first kappa shape index (κ1) is 14.5. The van der Waals surface area contributed by atoms with Gasteiger partial charge in [-0.3, -0.25) is 0 Å². The second-order valence-electron chi connectivity index (χ2n) is 4.62. The van der Waals surface area contributed by atoms with Gasteiger partial charge in [0.15, 0.2) is 0 Å². The molecule has 2 aromatic rings. The number of halogens is 1. The van der Waals surface area contributed by atoms with Gasteiger partial charge in [-0.15, -0.1) is 0 Å². The maximum Gasteiger partial charge on any atom is 0.125 e. The molecule has 0 fully saturated rings. The van der Waals surface area contributed by atoms with Gasteiger partial charge in [0.25, 0.3) is 0 Å². The van der Waals surface area contributed by atoms with Crippen LogP contribution in [0.15, 0.2) is 42.5 Å². The monoisotopic (exact) mass is 276 g/mol. The van der Waals surface area contributed by atoms with Gasteiger partial charge in [-0.25, -0.2) is 4.39 Å². The Morgan fingerprint density at radius 2 is 1.75 bits per heavy atom. The van der Waals surface area contributed by atoms with Crippen LogP contribution in [0.5, 0.6) is 5.75 Å². The molecule has 2 N–H and O–H groups in total. The molecule has 4 heteroatoms. The molecule has 1 atom stereocenters. The maximum atomic E-state index is 13.2. The van der Waals surface area contributed by atoms with Crippen molar-refractivity contribution in [1.29, 1.82) is 0 Å². The fourth-order valence-electron chi connectivity index (χ4n) is 1.88. The second-order valence-corrected chi connectivity index (χ2v) is 4.62. The number of hydrogen-bond donors (Lipinski definition) is 2. The summed E-state index contributed by atoms with van der Waals surface area (Å²) < 4.78 is 18.8. The molecular weight excluding hydrogens is 259 g/mol. The highest BCUT2D eigenvalue weighted by molar-refractivity contribution is 5.35. The third kappa shape index (κ3) is 3.56. The number of rotatable bonds is 5. The Labute approximate surface area is 117 Å². The molecule has 20 heavy (non-hydrogen) atoms. The summed E-state index contributed by atoms with van der Waals surface area (Å²) in [5.41, 5.74) is 2.19. The molecule has 0 saturated heterocycles. The van der Waals surface area contributed by atoms with Crippen LogP contribution in [0.4, 0.5) is 4.39 Å². The summed E-state index contributed by atoms with van der Waals surface area (Å²) in [4.78, 5) is 0. The Hall–Kier alpha value is -1.91. The van der Waals surface area contributed by atoms with Crippen molar-refractivity contribution in [2.75, 3.05) is 0 Å². The van der Waals surface area contributed by atoms with Crippen LogP contribution in [-0.4, -0.2) is 10.2 Å². The topological polar surface area (TPSA) is 49.7 Å². The molecule has 0 bridgehead atoms. The predicted octanol–water partition coefficient (Wildman–Crippen LogP) is 2.95. The van der Waals surface area contributed by atoms with Gasteiger partial charge in [0.2, 0.25) is 0 Å². The first-order valence-electron chi connectivity index (χ1n) is 6.39. The number of aliphatic hydroxyl groups excluding tert-OH is 2. The van der Waals surface area contributed by atoms with Gasteiger partial charge in [-0.1, -0.05) is 24.3 Å². The van der Waals surface area contributed by atoms with Crippen LogP contribution in [0.1, 0.15) is 29.7 Å². The van der Waals surface area contributed by atoms with Crippen molar-refractivity contribution >= 4 is 0 Å². The normalized spacial score (nSPS) is 12.2. The van der Waals surface area contributed by atoms with Crippen LogP contribution in [0.2, 0.25) is 0 Å². The standard InChI is InChI=1S/C16H17FO3/c1-11(19)15-8-14(17)6-7-16(15)20-10-13-4-2-12(9-18)3-5-13/h2-8,11,18-19H,9-10H2,1H3/t11-/m1/s1. The molecule has 0 aliphatic carbocycles. The Morgan fingerprint density at radius 3 is 2.35 bits per heavy atom. The Kier molecular flexibility index (Phi) is 4.71. The van der Waals surface area contributed by atoms with E-state index in [4.69, 9.17) is 9.84 Å². The van der Waals surface area contributed by atoms with E-state index in [9.17, 15) is 9.50 Å². The lowest BCUT2D eigenvalue weighted by Gasteiger charge is -2.13. The van der Waals surface area contributed by atoms with Gasteiger partial charge < -0.3 is 14.9 Å². The minimum Gasteiger partial charge on any atom is -0.489 e. The third-order valence-electron chi connectivity index (χ3n) is 3.02. The van der Waals surface area contributed by atoms with Crippen LogP contribution < -0.4 is 4.74 Å². The van der Waals surface area contributed by atoms with Gasteiger partial charge in [-0.2, -0.15) is 0 Å². The lowest BCUT2D eigenvalue weighted by molar-refractivity contribution is 0.189. The van der Waals surface area contributed by atoms with Crippen molar-refractivity contribution in [3.63, 3.8) is 0 Å². The highest BCUT2D eigenvalue weighted by atomic mass is 19.1. The van der Waals surface area contributed by atoms with Crippen LogP contribution in [-0.2, 0) is 13.2 Å². The lowest BCUT2D eigenvalue weighted by atomic mass is 10.1. The van der Waals surface area contributed by atoms with E-state index in [-0.39, 0.29) is 6.61 Å². The molecule has 0 spiro atoms. The van der Waals surface area contributed by atoms with Crippen molar-refractivity contribution in [2.45, 2.75) is 26.2 Å². The van der Waals surface area contributed by atoms with Gasteiger partial charge in [0, 0.05) is 5.56 Å². The number of hydrogen-bond acceptors (Lipinski definition) is 3. The first-order valence-corrected chi connectivity index (χ1v) is 6.39. The van der Waals surface area contributed by atoms with Crippen molar-refractivity contribution in [3.8, 4) is 5.75 Å². The van der Waals surface area contributed by atoms with E-state index in [1.165, 1.54) is 18.2 Å². The first-order chi connectivity index (χ1) is 9.60. The molecule has 0 aliphatic rings. The average Bonchev–Trinajstić information content (AvgIpc) is 2.46. The van der Waals surface area contributed by atoms with Gasteiger partial charge in [-0.05, 0) is 36.2 Å². The molecule has 0 amide bonds. The molecule has 2 aromatic carbocycles. The molecule has 0 unspecified atom stereocenters. The highest BCUT2D eigenvalue weighted by Crippen LogP contribution is 2.26. The van der Waals surface area contributed by atoms with Crippen LogP contribution in [0.25, 0.3) is 0 Å². The molecular formula is C16H17FO3. The van der Waals surface area contributed by atoms with Crippen LogP contribution >= 0.6 is 0 Å². The number of aliphatic hydroxyl groups is 2. The molecule has 0 saturated carbocycles. The minimum atomic E-state index is -0.794. The zero-order valence-electron chi connectivity index (χ0n) is 11.2. The summed E-state index contributed by atoms with van der Waals surface area (Å²) >= 11 is 0. The van der Waals surface area contributed by atoms with E-state index in [1.807, 2.05) is 24.3 Å². The minimum absolute atomic E-state index is 0.00523. The highest BCUT2D eigenvalue weighted by Gasteiger charge is 2.10. The van der Waals surface area contributed by atoms with E-state index in [1.54, 1.807) is 6.92 Å². The van der Waals surface area contributed by atoms with Crippen molar-refractivity contribution < 1.29 is 19.3 Å². The maximum absolute atomic E-state index is 13.2. The summed E-state index contributed by atoms with van der Waals surface area (Å²) in [7, 11) is 0. The van der Waals surface area contributed by atoms with Crippen molar-refractivity contribution in [2.24, 2.45) is 0 Å². The van der Waals surface area contributed by atoms with Gasteiger partial charge in [0.1, 0.15) is 18.2 Å². The summed E-state index contributed by atoms with van der Waals surface area (Å²) in [5, 5.41) is 18.6. The zero-order chi connectivity index (χ0) is 14.5. The zero-order valence-corrected chi connectivity index (χ0v) is 11.2.